The zero-order valence-electron chi connectivity index (χ0n) is 11.8. The second kappa shape index (κ2) is 6.47. The Morgan fingerprint density at radius 2 is 2.14 bits per heavy atom. The zero-order chi connectivity index (χ0) is 15.6. The van der Waals surface area contributed by atoms with Gasteiger partial charge in [-0.05, 0) is 17.7 Å². The minimum Gasteiger partial charge on any atom is -0.340 e. The predicted molar refractivity (Wildman–Crippen MR) is 83.1 cm³/mol. The van der Waals surface area contributed by atoms with Crippen molar-refractivity contribution in [3.8, 4) is 0 Å². The van der Waals surface area contributed by atoms with Crippen LogP contribution < -0.4 is 5.73 Å². The second-order valence-electron chi connectivity index (χ2n) is 4.87. The number of carbonyl (C=O) groups is 1. The Kier molecular flexibility index (Phi) is 4.88. The van der Waals surface area contributed by atoms with Gasteiger partial charge in [-0.15, -0.1) is 0 Å². The van der Waals surface area contributed by atoms with Crippen LogP contribution in [0.3, 0.4) is 0 Å². The number of nitrogens with zero attached hydrogens (tertiary/aromatic N) is 3. The summed E-state index contributed by atoms with van der Waals surface area (Å²) < 4.78 is 1.61. The zero-order valence-corrected chi connectivity index (χ0v) is 13.3. The van der Waals surface area contributed by atoms with Gasteiger partial charge in [-0.3, -0.25) is 9.48 Å². The summed E-state index contributed by atoms with van der Waals surface area (Å²) in [5, 5.41) is 4.97. The number of rotatable bonds is 4. The lowest BCUT2D eigenvalue weighted by molar-refractivity contribution is -0.131. The fourth-order valence-electron chi connectivity index (χ4n) is 1.97. The number of halogens is 2. The van der Waals surface area contributed by atoms with E-state index in [-0.39, 0.29) is 5.91 Å². The van der Waals surface area contributed by atoms with E-state index in [0.29, 0.717) is 22.2 Å². The third-order valence-corrected chi connectivity index (χ3v) is 3.87. The van der Waals surface area contributed by atoms with E-state index >= 15 is 0 Å². The Morgan fingerprint density at radius 3 is 2.71 bits per heavy atom. The molecule has 7 heteroatoms. The van der Waals surface area contributed by atoms with Crippen LogP contribution in [0.15, 0.2) is 30.6 Å². The highest BCUT2D eigenvalue weighted by Gasteiger charge is 2.21. The van der Waals surface area contributed by atoms with Gasteiger partial charge in [0.05, 0.1) is 16.2 Å². The fourth-order valence-corrected chi connectivity index (χ4v) is 2.29. The summed E-state index contributed by atoms with van der Waals surface area (Å²) in [7, 11) is 3.47. The Hall–Kier alpha value is -1.56. The van der Waals surface area contributed by atoms with Gasteiger partial charge in [-0.2, -0.15) is 5.10 Å². The minimum atomic E-state index is -0.730. The molecule has 0 fully saturated rings. The lowest BCUT2D eigenvalue weighted by Gasteiger charge is -2.21. The number of likely N-dealkylation sites (N-methyl/N-ethyl adjacent to an activating group) is 1. The minimum absolute atomic E-state index is 0.186. The Labute approximate surface area is 133 Å². The Morgan fingerprint density at radius 1 is 1.43 bits per heavy atom. The fraction of sp³-hybridized carbons (Fsp3) is 0.286. The third kappa shape index (κ3) is 3.75. The van der Waals surface area contributed by atoms with Crippen LogP contribution in [0.25, 0.3) is 0 Å². The topological polar surface area (TPSA) is 64.2 Å². The van der Waals surface area contributed by atoms with E-state index in [1.807, 2.05) is 6.07 Å². The molecule has 0 saturated carbocycles. The highest BCUT2D eigenvalue weighted by Crippen LogP contribution is 2.23. The smallest absolute Gasteiger partial charge is 0.244 e. The first-order valence-corrected chi connectivity index (χ1v) is 7.07. The number of carbonyl (C=O) groups excluding carboxylic acids is 1. The molecule has 1 atom stereocenters. The third-order valence-electron chi connectivity index (χ3n) is 3.13. The van der Waals surface area contributed by atoms with Gasteiger partial charge in [-0.25, -0.2) is 0 Å². The van der Waals surface area contributed by atoms with E-state index in [4.69, 9.17) is 28.9 Å². The van der Waals surface area contributed by atoms with Gasteiger partial charge in [-0.1, -0.05) is 29.3 Å². The van der Waals surface area contributed by atoms with Crippen molar-refractivity contribution >= 4 is 29.1 Å². The van der Waals surface area contributed by atoms with Gasteiger partial charge in [0, 0.05) is 32.4 Å². The van der Waals surface area contributed by atoms with Crippen molar-refractivity contribution in [1.82, 2.24) is 14.7 Å². The maximum atomic E-state index is 12.3. The number of hydrogen-bond acceptors (Lipinski definition) is 3. The molecule has 0 radical (unpaired) electrons. The van der Waals surface area contributed by atoms with Gasteiger partial charge in [0.25, 0.3) is 0 Å². The van der Waals surface area contributed by atoms with Crippen molar-refractivity contribution in [2.24, 2.45) is 12.8 Å². The molecule has 1 unspecified atom stereocenters. The van der Waals surface area contributed by atoms with Gasteiger partial charge >= 0.3 is 0 Å². The van der Waals surface area contributed by atoms with E-state index in [2.05, 4.69) is 5.10 Å². The average molecular weight is 327 g/mol. The molecule has 0 aliphatic carbocycles. The SMILES string of the molecule is CN(Cc1ccc(Cl)c(Cl)c1)C(=O)C(N)c1cnn(C)c1. The lowest BCUT2D eigenvalue weighted by Crippen LogP contribution is -2.35. The molecular weight excluding hydrogens is 311 g/mol. The summed E-state index contributed by atoms with van der Waals surface area (Å²) in [5.41, 5.74) is 7.54. The molecule has 112 valence electrons. The van der Waals surface area contributed by atoms with Gasteiger partial charge < -0.3 is 10.6 Å². The highest BCUT2D eigenvalue weighted by atomic mass is 35.5. The number of aromatic nitrogens is 2. The molecule has 1 aromatic heterocycles. The molecule has 0 spiro atoms. The summed E-state index contributed by atoms with van der Waals surface area (Å²) in [6.45, 7) is 0.406. The molecule has 0 saturated heterocycles. The number of amides is 1. The molecule has 21 heavy (non-hydrogen) atoms. The number of nitrogens with two attached hydrogens (primary N) is 1. The van der Waals surface area contributed by atoms with E-state index in [1.54, 1.807) is 48.2 Å². The maximum absolute atomic E-state index is 12.3. The second-order valence-corrected chi connectivity index (χ2v) is 5.68. The van der Waals surface area contributed by atoms with Crippen molar-refractivity contribution < 1.29 is 4.79 Å². The molecule has 0 aliphatic heterocycles. The van der Waals surface area contributed by atoms with Gasteiger partial charge in [0.2, 0.25) is 5.91 Å². The Balaban J connectivity index is 2.06. The van der Waals surface area contributed by atoms with Gasteiger partial charge in [0.15, 0.2) is 0 Å². The average Bonchev–Trinajstić information content (AvgIpc) is 2.88. The molecule has 2 aromatic rings. The number of aryl methyl sites for hydroxylation is 1. The van der Waals surface area contributed by atoms with Crippen molar-refractivity contribution in [2.45, 2.75) is 12.6 Å². The van der Waals surface area contributed by atoms with Crippen molar-refractivity contribution in [2.75, 3.05) is 7.05 Å². The Bertz CT molecular complexity index is 656. The van der Waals surface area contributed by atoms with Crippen LogP contribution in [-0.2, 0) is 18.4 Å². The molecule has 2 N–H and O–H groups in total. The first kappa shape index (κ1) is 15.8. The highest BCUT2D eigenvalue weighted by molar-refractivity contribution is 6.42. The van der Waals surface area contributed by atoms with Gasteiger partial charge in [0.1, 0.15) is 6.04 Å². The standard InChI is InChI=1S/C14H16Cl2N4O/c1-19(7-9-3-4-11(15)12(16)5-9)14(21)13(17)10-6-18-20(2)8-10/h3-6,8,13H,7,17H2,1-2H3. The quantitative estimate of drug-likeness (QED) is 0.938. The maximum Gasteiger partial charge on any atom is 0.244 e. The van der Waals surface area contributed by atoms with Crippen LogP contribution in [0.5, 0.6) is 0 Å². The van der Waals surface area contributed by atoms with Crippen LogP contribution in [0.2, 0.25) is 10.0 Å². The van der Waals surface area contributed by atoms with Crippen molar-refractivity contribution in [3.05, 3.63) is 51.8 Å². The first-order valence-electron chi connectivity index (χ1n) is 6.31. The predicted octanol–water partition coefficient (Wildman–Crippen LogP) is 2.39. The van der Waals surface area contributed by atoms with E-state index < -0.39 is 6.04 Å². The van der Waals surface area contributed by atoms with E-state index in [1.165, 1.54) is 0 Å². The first-order chi connectivity index (χ1) is 9.88. The van der Waals surface area contributed by atoms with E-state index in [0.717, 1.165) is 5.56 Å². The van der Waals surface area contributed by atoms with Crippen molar-refractivity contribution in [3.63, 3.8) is 0 Å². The normalized spacial score (nSPS) is 12.2. The van der Waals surface area contributed by atoms with Crippen LogP contribution in [0, 0.1) is 0 Å². The molecule has 0 aliphatic rings. The summed E-state index contributed by atoms with van der Waals surface area (Å²) in [4.78, 5) is 13.9. The summed E-state index contributed by atoms with van der Waals surface area (Å²) >= 11 is 11.8. The summed E-state index contributed by atoms with van der Waals surface area (Å²) in [6.07, 6.45) is 3.32. The lowest BCUT2D eigenvalue weighted by atomic mass is 10.1. The van der Waals surface area contributed by atoms with Crippen LogP contribution in [0.4, 0.5) is 0 Å². The molecule has 1 heterocycles. The van der Waals surface area contributed by atoms with Crippen LogP contribution in [0.1, 0.15) is 17.2 Å². The molecule has 1 amide bonds. The number of benzene rings is 1. The number of hydrogen-bond donors (Lipinski definition) is 1. The summed E-state index contributed by atoms with van der Waals surface area (Å²) in [5.74, 6) is -0.186. The summed E-state index contributed by atoms with van der Waals surface area (Å²) in [6, 6.07) is 4.54. The monoisotopic (exact) mass is 326 g/mol. The molecule has 0 bridgehead atoms. The van der Waals surface area contributed by atoms with Crippen molar-refractivity contribution in [1.29, 1.82) is 0 Å². The molecular formula is C14H16Cl2N4O. The molecule has 5 nitrogen and oxygen atoms in total. The molecule has 2 rings (SSSR count). The molecule has 1 aromatic carbocycles. The van der Waals surface area contributed by atoms with Crippen LogP contribution >= 0.6 is 23.2 Å². The largest absolute Gasteiger partial charge is 0.340 e. The van der Waals surface area contributed by atoms with Crippen LogP contribution in [-0.4, -0.2) is 27.6 Å². The van der Waals surface area contributed by atoms with E-state index in [9.17, 15) is 4.79 Å².